The molecule has 1 amide bonds. The highest BCUT2D eigenvalue weighted by Gasteiger charge is 2.13. The first-order chi connectivity index (χ1) is 10.1. The Morgan fingerprint density at radius 3 is 2.57 bits per heavy atom. The van der Waals surface area contributed by atoms with Crippen molar-refractivity contribution in [2.45, 2.75) is 0 Å². The van der Waals surface area contributed by atoms with Crippen LogP contribution in [0, 0.1) is 0 Å². The van der Waals surface area contributed by atoms with E-state index in [0.717, 1.165) is 5.69 Å². The fraction of sp³-hybridized carbons (Fsp3) is 0.133. The summed E-state index contributed by atoms with van der Waals surface area (Å²) in [6, 6.07) is 10.3. The average molecular weight is 285 g/mol. The monoisotopic (exact) mass is 285 g/mol. The van der Waals surface area contributed by atoms with E-state index >= 15 is 0 Å². The molecule has 0 atom stereocenters. The Morgan fingerprint density at radius 2 is 1.81 bits per heavy atom. The molecular formula is C15H15N3O3. The molecule has 6 heteroatoms. The van der Waals surface area contributed by atoms with E-state index in [0.29, 0.717) is 41.7 Å². The topological polar surface area (TPSA) is 99.6 Å². The van der Waals surface area contributed by atoms with Crippen LogP contribution >= 0.6 is 0 Å². The van der Waals surface area contributed by atoms with E-state index in [1.807, 2.05) is 18.2 Å². The molecule has 2 aromatic rings. The molecule has 0 unspecified atom stereocenters. The number of amides is 1. The number of primary amides is 1. The van der Waals surface area contributed by atoms with Crippen molar-refractivity contribution < 1.29 is 14.3 Å². The van der Waals surface area contributed by atoms with Crippen molar-refractivity contribution in [2.24, 2.45) is 5.73 Å². The Morgan fingerprint density at radius 1 is 1.05 bits per heavy atom. The molecule has 2 aromatic carbocycles. The number of rotatable bonds is 3. The van der Waals surface area contributed by atoms with Gasteiger partial charge in [-0.1, -0.05) is 0 Å². The largest absolute Gasteiger partial charge is 0.486 e. The molecule has 6 nitrogen and oxygen atoms in total. The molecule has 21 heavy (non-hydrogen) atoms. The SMILES string of the molecule is NC(=O)c1ccc(N)cc1Nc1ccc2c(c1)OCCO2. The van der Waals surface area contributed by atoms with Gasteiger partial charge in [-0.05, 0) is 30.3 Å². The molecule has 1 aliphatic rings. The number of carbonyl (C=O) groups is 1. The van der Waals surface area contributed by atoms with Crippen LogP contribution in [0.2, 0.25) is 0 Å². The fourth-order valence-corrected chi connectivity index (χ4v) is 2.16. The fourth-order valence-electron chi connectivity index (χ4n) is 2.16. The number of nitrogens with two attached hydrogens (primary N) is 2. The van der Waals surface area contributed by atoms with E-state index < -0.39 is 5.91 Å². The normalized spacial score (nSPS) is 12.8. The van der Waals surface area contributed by atoms with Crippen LogP contribution in [0.4, 0.5) is 17.1 Å². The molecule has 108 valence electrons. The summed E-state index contributed by atoms with van der Waals surface area (Å²) in [5.41, 5.74) is 13.3. The first-order valence-corrected chi connectivity index (χ1v) is 6.49. The summed E-state index contributed by atoms with van der Waals surface area (Å²) in [6.45, 7) is 1.06. The standard InChI is InChI=1S/C15H15N3O3/c16-9-1-3-11(15(17)19)12(7-9)18-10-2-4-13-14(8-10)21-6-5-20-13/h1-4,7-8,18H,5-6,16H2,(H2,17,19). The Balaban J connectivity index is 1.93. The number of carbonyl (C=O) groups excluding carboxylic acids is 1. The molecule has 0 aliphatic carbocycles. The second-order valence-electron chi connectivity index (χ2n) is 4.65. The first-order valence-electron chi connectivity index (χ1n) is 6.49. The summed E-state index contributed by atoms with van der Waals surface area (Å²) < 4.78 is 11.0. The molecule has 0 saturated carbocycles. The average Bonchev–Trinajstić information content (AvgIpc) is 2.47. The molecule has 0 bridgehead atoms. The molecule has 0 saturated heterocycles. The van der Waals surface area contributed by atoms with Gasteiger partial charge in [0.15, 0.2) is 11.5 Å². The molecular weight excluding hydrogens is 270 g/mol. The minimum atomic E-state index is -0.518. The summed E-state index contributed by atoms with van der Waals surface area (Å²) in [7, 11) is 0. The molecule has 5 N–H and O–H groups in total. The van der Waals surface area contributed by atoms with Gasteiger partial charge in [0.25, 0.3) is 5.91 Å². The first kappa shape index (κ1) is 13.1. The predicted octanol–water partition coefficient (Wildman–Crippen LogP) is 1.88. The van der Waals surface area contributed by atoms with Crippen LogP contribution in [0.25, 0.3) is 0 Å². The van der Waals surface area contributed by atoms with Crippen molar-refractivity contribution in [3.05, 3.63) is 42.0 Å². The van der Waals surface area contributed by atoms with E-state index in [9.17, 15) is 4.79 Å². The maximum absolute atomic E-state index is 11.5. The maximum atomic E-state index is 11.5. The van der Waals surface area contributed by atoms with Crippen molar-refractivity contribution in [1.29, 1.82) is 0 Å². The van der Waals surface area contributed by atoms with E-state index in [-0.39, 0.29) is 0 Å². The van der Waals surface area contributed by atoms with E-state index in [2.05, 4.69) is 5.32 Å². The third-order valence-corrected chi connectivity index (χ3v) is 3.13. The quantitative estimate of drug-likeness (QED) is 0.748. The number of anilines is 3. The van der Waals surface area contributed by atoms with E-state index in [4.69, 9.17) is 20.9 Å². The van der Waals surface area contributed by atoms with Crippen LogP contribution in [0.5, 0.6) is 11.5 Å². The van der Waals surface area contributed by atoms with Crippen molar-refractivity contribution in [3.63, 3.8) is 0 Å². The molecule has 0 aromatic heterocycles. The minimum Gasteiger partial charge on any atom is -0.486 e. The minimum absolute atomic E-state index is 0.374. The van der Waals surface area contributed by atoms with Gasteiger partial charge in [-0.2, -0.15) is 0 Å². The van der Waals surface area contributed by atoms with Gasteiger partial charge in [0.2, 0.25) is 0 Å². The summed E-state index contributed by atoms with van der Waals surface area (Å²) in [5.74, 6) is 0.848. The summed E-state index contributed by atoms with van der Waals surface area (Å²) in [5, 5.41) is 3.13. The van der Waals surface area contributed by atoms with E-state index in [1.54, 1.807) is 18.2 Å². The number of hydrogen-bond acceptors (Lipinski definition) is 5. The van der Waals surface area contributed by atoms with Crippen molar-refractivity contribution in [2.75, 3.05) is 24.3 Å². The number of fused-ring (bicyclic) bond motifs is 1. The Kier molecular flexibility index (Phi) is 3.27. The second-order valence-corrected chi connectivity index (χ2v) is 4.65. The number of ether oxygens (including phenoxy) is 2. The van der Waals surface area contributed by atoms with Gasteiger partial charge in [-0.3, -0.25) is 4.79 Å². The van der Waals surface area contributed by atoms with Gasteiger partial charge in [-0.25, -0.2) is 0 Å². The van der Waals surface area contributed by atoms with Gasteiger partial charge in [-0.15, -0.1) is 0 Å². The highest BCUT2D eigenvalue weighted by Crippen LogP contribution is 2.34. The van der Waals surface area contributed by atoms with Gasteiger partial charge in [0.05, 0.1) is 11.3 Å². The third kappa shape index (κ3) is 2.69. The predicted molar refractivity (Wildman–Crippen MR) is 80.1 cm³/mol. The van der Waals surface area contributed by atoms with Crippen molar-refractivity contribution in [1.82, 2.24) is 0 Å². The summed E-state index contributed by atoms with van der Waals surface area (Å²) in [4.78, 5) is 11.5. The summed E-state index contributed by atoms with van der Waals surface area (Å²) in [6.07, 6.45) is 0. The number of hydrogen-bond donors (Lipinski definition) is 3. The highest BCUT2D eigenvalue weighted by atomic mass is 16.6. The smallest absolute Gasteiger partial charge is 0.250 e. The lowest BCUT2D eigenvalue weighted by Gasteiger charge is -2.19. The van der Waals surface area contributed by atoms with Crippen LogP contribution in [0.1, 0.15) is 10.4 Å². The molecule has 3 rings (SSSR count). The van der Waals surface area contributed by atoms with Crippen LogP contribution in [0.3, 0.4) is 0 Å². The van der Waals surface area contributed by atoms with Crippen molar-refractivity contribution >= 4 is 23.0 Å². The number of nitrogen functional groups attached to an aromatic ring is 1. The van der Waals surface area contributed by atoms with Crippen molar-refractivity contribution in [3.8, 4) is 11.5 Å². The Hall–Kier alpha value is -2.89. The van der Waals surface area contributed by atoms with Gasteiger partial charge in [0.1, 0.15) is 13.2 Å². The Labute approximate surface area is 121 Å². The third-order valence-electron chi connectivity index (χ3n) is 3.13. The lowest BCUT2D eigenvalue weighted by Crippen LogP contribution is -2.15. The zero-order chi connectivity index (χ0) is 14.8. The zero-order valence-corrected chi connectivity index (χ0v) is 11.3. The van der Waals surface area contributed by atoms with Crippen LogP contribution in [-0.2, 0) is 0 Å². The van der Waals surface area contributed by atoms with E-state index in [1.165, 1.54) is 0 Å². The Bertz CT molecular complexity index is 701. The zero-order valence-electron chi connectivity index (χ0n) is 11.3. The molecule has 0 fully saturated rings. The van der Waals surface area contributed by atoms with Crippen LogP contribution in [-0.4, -0.2) is 19.1 Å². The maximum Gasteiger partial charge on any atom is 0.250 e. The molecule has 1 heterocycles. The van der Waals surface area contributed by atoms with Crippen LogP contribution in [0.15, 0.2) is 36.4 Å². The van der Waals surface area contributed by atoms with Gasteiger partial charge < -0.3 is 26.3 Å². The molecule has 0 radical (unpaired) electrons. The van der Waals surface area contributed by atoms with Crippen LogP contribution < -0.4 is 26.3 Å². The number of nitrogens with one attached hydrogen (secondary N) is 1. The second kappa shape index (κ2) is 5.24. The summed E-state index contributed by atoms with van der Waals surface area (Å²) >= 11 is 0. The number of benzene rings is 2. The molecule has 1 aliphatic heterocycles. The molecule has 0 spiro atoms. The lowest BCUT2D eigenvalue weighted by atomic mass is 10.1. The lowest BCUT2D eigenvalue weighted by molar-refractivity contribution is 0.100. The van der Waals surface area contributed by atoms with Gasteiger partial charge in [0, 0.05) is 17.4 Å². The van der Waals surface area contributed by atoms with Gasteiger partial charge >= 0.3 is 0 Å². The highest BCUT2D eigenvalue weighted by molar-refractivity contribution is 5.99.